The van der Waals surface area contributed by atoms with Crippen LogP contribution in [0, 0.1) is 12.3 Å². The number of unbranched alkanes of at least 4 members (excludes halogenated alkanes) is 1. The van der Waals surface area contributed by atoms with Gasteiger partial charge in [-0.3, -0.25) is 4.79 Å². The van der Waals surface area contributed by atoms with Crippen molar-refractivity contribution in [3.63, 3.8) is 0 Å². The van der Waals surface area contributed by atoms with Crippen molar-refractivity contribution in [1.29, 1.82) is 0 Å². The summed E-state index contributed by atoms with van der Waals surface area (Å²) in [5.74, 6) is 4.14. The largest absolute Gasteiger partial charge is 0.492 e. The quantitative estimate of drug-likeness (QED) is 0.347. The summed E-state index contributed by atoms with van der Waals surface area (Å²) in [5, 5.41) is 4.42. The van der Waals surface area contributed by atoms with Gasteiger partial charge in [-0.05, 0) is 43.7 Å². The van der Waals surface area contributed by atoms with E-state index in [1.54, 1.807) is 30.0 Å². The highest BCUT2D eigenvalue weighted by molar-refractivity contribution is 6.32. The minimum absolute atomic E-state index is 0.0822. The number of benzene rings is 2. The Balaban J connectivity index is 1.53. The Morgan fingerprint density at radius 1 is 1.26 bits per heavy atom. The monoisotopic (exact) mass is 494 g/mol. The van der Waals surface area contributed by atoms with Gasteiger partial charge in [0.1, 0.15) is 23.6 Å². The first-order valence-corrected chi connectivity index (χ1v) is 11.8. The minimum atomic E-state index is -0.674. The van der Waals surface area contributed by atoms with Gasteiger partial charge in [0.05, 0.1) is 35.7 Å². The molecule has 0 radical (unpaired) electrons. The Bertz CT molecular complexity index is 1220. The minimum Gasteiger partial charge on any atom is -0.492 e. The van der Waals surface area contributed by atoms with E-state index in [1.165, 1.54) is 6.33 Å². The summed E-state index contributed by atoms with van der Waals surface area (Å²) < 4.78 is 17.2. The third-order valence-electron chi connectivity index (χ3n) is 5.52. The molecule has 0 spiro atoms. The number of rotatable bonds is 9. The van der Waals surface area contributed by atoms with E-state index in [4.69, 9.17) is 32.2 Å². The van der Waals surface area contributed by atoms with Crippen LogP contribution in [0.2, 0.25) is 5.02 Å². The van der Waals surface area contributed by atoms with E-state index in [2.05, 4.69) is 21.2 Å². The smallest absolute Gasteiger partial charge is 0.263 e. The SMILES string of the molecule is C#CCCCOc1ccc(Nc2ncnc3cccc(OC(C)C(=O)N4CCOCC4)c23)cc1Cl. The molecular formula is C26H27ClN4O4. The van der Waals surface area contributed by atoms with Gasteiger partial charge in [0, 0.05) is 25.2 Å². The Labute approximate surface area is 209 Å². The lowest BCUT2D eigenvalue weighted by Crippen LogP contribution is -2.46. The fourth-order valence-electron chi connectivity index (χ4n) is 3.74. The van der Waals surface area contributed by atoms with E-state index in [0.717, 1.165) is 12.1 Å². The number of halogens is 1. The summed E-state index contributed by atoms with van der Waals surface area (Å²) in [7, 11) is 0. The van der Waals surface area contributed by atoms with Crippen molar-refractivity contribution in [3.05, 3.63) is 47.7 Å². The second kappa shape index (κ2) is 11.7. The van der Waals surface area contributed by atoms with Crippen molar-refractivity contribution in [2.45, 2.75) is 25.9 Å². The summed E-state index contributed by atoms with van der Waals surface area (Å²) in [6.45, 7) is 4.42. The van der Waals surface area contributed by atoms with Crippen LogP contribution in [-0.4, -0.2) is 59.8 Å². The van der Waals surface area contributed by atoms with Gasteiger partial charge < -0.3 is 24.4 Å². The van der Waals surface area contributed by atoms with Crippen molar-refractivity contribution in [2.24, 2.45) is 0 Å². The molecule has 1 amide bonds. The first kappa shape index (κ1) is 24.6. The normalized spacial score (nSPS) is 14.3. The number of anilines is 2. The standard InChI is InChI=1S/C26H27ClN4O4/c1-3-4-5-13-34-22-10-9-19(16-20(22)27)30-25-24-21(28-17-29-25)7-6-8-23(24)35-18(2)26(32)31-11-14-33-15-12-31/h1,6-10,16-18H,4-5,11-15H2,2H3,(H,28,29,30). The van der Waals surface area contributed by atoms with E-state index in [-0.39, 0.29) is 5.91 Å². The van der Waals surface area contributed by atoms with Crippen molar-refractivity contribution in [1.82, 2.24) is 14.9 Å². The average Bonchev–Trinajstić information content (AvgIpc) is 2.88. The molecule has 2 heterocycles. The van der Waals surface area contributed by atoms with Crippen LogP contribution in [0.1, 0.15) is 19.8 Å². The summed E-state index contributed by atoms with van der Waals surface area (Å²) >= 11 is 6.42. The molecule has 8 nitrogen and oxygen atoms in total. The molecule has 1 aliphatic heterocycles. The number of aromatic nitrogens is 2. The maximum absolute atomic E-state index is 12.9. The maximum Gasteiger partial charge on any atom is 0.263 e. The van der Waals surface area contributed by atoms with Crippen LogP contribution in [0.25, 0.3) is 10.9 Å². The number of nitrogens with one attached hydrogen (secondary N) is 1. The summed E-state index contributed by atoms with van der Waals surface area (Å²) in [4.78, 5) is 23.4. The Kier molecular flexibility index (Phi) is 8.24. The van der Waals surface area contributed by atoms with E-state index in [1.807, 2.05) is 18.2 Å². The third kappa shape index (κ3) is 6.13. The highest BCUT2D eigenvalue weighted by Gasteiger charge is 2.25. The fraction of sp³-hybridized carbons (Fsp3) is 0.346. The van der Waals surface area contributed by atoms with Gasteiger partial charge in [-0.1, -0.05) is 17.7 Å². The second-order valence-electron chi connectivity index (χ2n) is 8.00. The number of carbonyl (C=O) groups excluding carboxylic acids is 1. The van der Waals surface area contributed by atoms with Gasteiger partial charge in [0.25, 0.3) is 5.91 Å². The third-order valence-corrected chi connectivity index (χ3v) is 5.81. The fourth-order valence-corrected chi connectivity index (χ4v) is 3.98. The molecule has 0 aliphatic carbocycles. The zero-order valence-corrected chi connectivity index (χ0v) is 20.3. The van der Waals surface area contributed by atoms with E-state index in [0.29, 0.717) is 72.6 Å². The highest BCUT2D eigenvalue weighted by atomic mass is 35.5. The van der Waals surface area contributed by atoms with Crippen molar-refractivity contribution >= 4 is 39.9 Å². The maximum atomic E-state index is 12.9. The second-order valence-corrected chi connectivity index (χ2v) is 8.40. The number of ether oxygens (including phenoxy) is 3. The van der Waals surface area contributed by atoms with Gasteiger partial charge in [-0.2, -0.15) is 0 Å². The van der Waals surface area contributed by atoms with Crippen LogP contribution < -0.4 is 14.8 Å². The van der Waals surface area contributed by atoms with Gasteiger partial charge in [-0.15, -0.1) is 12.3 Å². The molecule has 2 aromatic carbocycles. The van der Waals surface area contributed by atoms with Crippen molar-refractivity contribution in [2.75, 3.05) is 38.2 Å². The van der Waals surface area contributed by atoms with Crippen LogP contribution >= 0.6 is 11.6 Å². The van der Waals surface area contributed by atoms with Crippen LogP contribution in [0.4, 0.5) is 11.5 Å². The number of nitrogens with zero attached hydrogens (tertiary/aromatic N) is 3. The molecule has 3 aromatic rings. The Hall–Kier alpha value is -3.54. The number of carbonyl (C=O) groups is 1. The van der Waals surface area contributed by atoms with E-state index < -0.39 is 6.10 Å². The topological polar surface area (TPSA) is 85.8 Å². The van der Waals surface area contributed by atoms with Crippen LogP contribution in [0.3, 0.4) is 0 Å². The molecular weight excluding hydrogens is 468 g/mol. The molecule has 182 valence electrons. The molecule has 35 heavy (non-hydrogen) atoms. The number of hydrogen-bond acceptors (Lipinski definition) is 7. The predicted molar refractivity (Wildman–Crippen MR) is 135 cm³/mol. The van der Waals surface area contributed by atoms with Crippen LogP contribution in [-0.2, 0) is 9.53 Å². The highest BCUT2D eigenvalue weighted by Crippen LogP contribution is 2.34. The van der Waals surface area contributed by atoms with Crippen molar-refractivity contribution < 1.29 is 19.0 Å². The number of morpholine rings is 1. The number of terminal acetylenes is 1. The Morgan fingerprint density at radius 3 is 2.86 bits per heavy atom. The zero-order chi connectivity index (χ0) is 24.6. The molecule has 1 unspecified atom stereocenters. The predicted octanol–water partition coefficient (Wildman–Crippen LogP) is 4.45. The average molecular weight is 495 g/mol. The molecule has 1 saturated heterocycles. The molecule has 0 saturated carbocycles. The molecule has 1 fully saturated rings. The number of hydrogen-bond donors (Lipinski definition) is 1. The van der Waals surface area contributed by atoms with E-state index in [9.17, 15) is 4.79 Å². The Morgan fingerprint density at radius 2 is 2.09 bits per heavy atom. The lowest BCUT2D eigenvalue weighted by Gasteiger charge is -2.29. The lowest BCUT2D eigenvalue weighted by molar-refractivity contribution is -0.142. The van der Waals surface area contributed by atoms with Gasteiger partial charge in [0.2, 0.25) is 0 Å². The molecule has 4 rings (SSSR count). The van der Waals surface area contributed by atoms with Gasteiger partial charge >= 0.3 is 0 Å². The summed E-state index contributed by atoms with van der Waals surface area (Å²) in [5.41, 5.74) is 1.41. The molecule has 0 bridgehead atoms. The van der Waals surface area contributed by atoms with E-state index >= 15 is 0 Å². The number of amides is 1. The number of fused-ring (bicyclic) bond motifs is 1. The van der Waals surface area contributed by atoms with Crippen molar-refractivity contribution in [3.8, 4) is 23.8 Å². The lowest BCUT2D eigenvalue weighted by atomic mass is 10.2. The first-order chi connectivity index (χ1) is 17.1. The molecule has 1 N–H and O–H groups in total. The zero-order valence-electron chi connectivity index (χ0n) is 19.5. The van der Waals surface area contributed by atoms with Gasteiger partial charge in [0.15, 0.2) is 6.10 Å². The molecule has 9 heteroatoms. The first-order valence-electron chi connectivity index (χ1n) is 11.5. The van der Waals surface area contributed by atoms with Crippen LogP contribution in [0.5, 0.6) is 11.5 Å². The summed E-state index contributed by atoms with van der Waals surface area (Å²) in [6.07, 6.45) is 7.48. The molecule has 1 aliphatic rings. The summed E-state index contributed by atoms with van der Waals surface area (Å²) in [6, 6.07) is 10.9. The molecule has 1 aromatic heterocycles. The van der Waals surface area contributed by atoms with Crippen LogP contribution in [0.15, 0.2) is 42.7 Å². The van der Waals surface area contributed by atoms with Gasteiger partial charge in [-0.25, -0.2) is 9.97 Å². The molecule has 1 atom stereocenters.